The summed E-state index contributed by atoms with van der Waals surface area (Å²) in [4.78, 5) is 16.6. The average molecular weight is 361 g/mol. The fourth-order valence-corrected chi connectivity index (χ4v) is 3.74. The highest BCUT2D eigenvalue weighted by molar-refractivity contribution is 6.12. The van der Waals surface area contributed by atoms with Gasteiger partial charge in [-0.15, -0.1) is 0 Å². The molecule has 7 nitrogen and oxygen atoms in total. The molecule has 1 amide bonds. The number of primary amides is 1. The number of benzene rings is 1. The number of carbonyl (C=O) groups is 1. The minimum Gasteiger partial charge on any atom is -0.508 e. The Bertz CT molecular complexity index is 1170. The highest BCUT2D eigenvalue weighted by Gasteiger charge is 2.32. The van der Waals surface area contributed by atoms with E-state index >= 15 is 0 Å². The third-order valence-corrected chi connectivity index (χ3v) is 5.22. The highest BCUT2D eigenvalue weighted by Crippen LogP contribution is 2.44. The summed E-state index contributed by atoms with van der Waals surface area (Å²) in [6.07, 6.45) is 3.54. The number of nitrogens with zero attached hydrogens (tertiary/aromatic N) is 3. The number of aromatic hydroxyl groups is 1. The molecule has 2 aromatic heterocycles. The molecule has 0 radical (unpaired) electrons. The van der Waals surface area contributed by atoms with E-state index in [-0.39, 0.29) is 23.0 Å². The van der Waals surface area contributed by atoms with Gasteiger partial charge in [-0.25, -0.2) is 0 Å². The van der Waals surface area contributed by atoms with Gasteiger partial charge in [0.25, 0.3) is 5.91 Å². The molecule has 2 heterocycles. The molecule has 0 unspecified atom stereocenters. The molecule has 27 heavy (non-hydrogen) atoms. The number of hydrogen-bond donors (Lipinski definition) is 3. The Kier molecular flexibility index (Phi) is 3.60. The zero-order valence-electron chi connectivity index (χ0n) is 15.1. The maximum Gasteiger partial charge on any atom is 0.253 e. The minimum atomic E-state index is -0.684. The number of aromatic nitrogens is 2. The SMILES string of the molecule is Cc1ccc(O)c(C)c1-n1c(N)c(C(N)=O)c2cnc(C3CC3)c(C#N)c21. The Morgan fingerprint density at radius 3 is 2.67 bits per heavy atom. The molecule has 0 spiro atoms. The lowest BCUT2D eigenvalue weighted by Crippen LogP contribution is -2.14. The lowest BCUT2D eigenvalue weighted by molar-refractivity contribution is 0.100. The van der Waals surface area contributed by atoms with Crippen molar-refractivity contribution in [3.05, 3.63) is 46.3 Å². The van der Waals surface area contributed by atoms with Crippen molar-refractivity contribution in [1.29, 1.82) is 5.26 Å². The molecule has 1 aromatic carbocycles. The molecule has 1 aliphatic rings. The summed E-state index contributed by atoms with van der Waals surface area (Å²) < 4.78 is 1.66. The van der Waals surface area contributed by atoms with E-state index in [4.69, 9.17) is 11.5 Å². The molecule has 0 saturated heterocycles. The number of carbonyl (C=O) groups excluding carboxylic acids is 1. The van der Waals surface area contributed by atoms with Gasteiger partial charge in [0, 0.05) is 23.1 Å². The van der Waals surface area contributed by atoms with Crippen molar-refractivity contribution in [3.8, 4) is 17.5 Å². The molecular weight excluding hydrogens is 342 g/mol. The predicted molar refractivity (Wildman–Crippen MR) is 102 cm³/mol. The van der Waals surface area contributed by atoms with Crippen molar-refractivity contribution in [1.82, 2.24) is 9.55 Å². The van der Waals surface area contributed by atoms with Crippen LogP contribution in [0.15, 0.2) is 18.3 Å². The lowest BCUT2D eigenvalue weighted by atomic mass is 10.1. The Labute approximate surface area is 155 Å². The van der Waals surface area contributed by atoms with Gasteiger partial charge in [-0.05, 0) is 38.3 Å². The molecule has 136 valence electrons. The molecule has 0 aliphatic heterocycles. The molecule has 3 aromatic rings. The third-order valence-electron chi connectivity index (χ3n) is 5.22. The number of nitriles is 1. The number of hydrogen-bond acceptors (Lipinski definition) is 5. The topological polar surface area (TPSA) is 131 Å². The van der Waals surface area contributed by atoms with Crippen molar-refractivity contribution in [2.24, 2.45) is 5.73 Å². The molecule has 1 saturated carbocycles. The van der Waals surface area contributed by atoms with Crippen molar-refractivity contribution in [2.75, 3.05) is 5.73 Å². The van der Waals surface area contributed by atoms with Gasteiger partial charge in [-0.3, -0.25) is 14.3 Å². The van der Waals surface area contributed by atoms with Crippen LogP contribution in [0.4, 0.5) is 5.82 Å². The molecule has 5 N–H and O–H groups in total. The van der Waals surface area contributed by atoms with Gasteiger partial charge < -0.3 is 16.6 Å². The lowest BCUT2D eigenvalue weighted by Gasteiger charge is -2.16. The number of fused-ring (bicyclic) bond motifs is 1. The molecular formula is C20H19N5O2. The smallest absolute Gasteiger partial charge is 0.253 e. The Morgan fingerprint density at radius 1 is 1.37 bits per heavy atom. The van der Waals surface area contributed by atoms with E-state index in [0.717, 1.165) is 24.1 Å². The number of nitrogens with two attached hydrogens (primary N) is 2. The Balaban J connectivity index is 2.23. The monoisotopic (exact) mass is 361 g/mol. The largest absolute Gasteiger partial charge is 0.508 e. The number of pyridine rings is 1. The van der Waals surface area contributed by atoms with Gasteiger partial charge in [0.1, 0.15) is 17.6 Å². The molecule has 1 fully saturated rings. The normalized spacial score (nSPS) is 13.7. The fraction of sp³-hybridized carbons (Fsp3) is 0.250. The second-order valence-electron chi connectivity index (χ2n) is 7.00. The standard InChI is InChI=1S/C20H19N5O2/c1-9-3-6-14(26)10(2)17(9)25-18-12(7-21)16(11-4-5-11)24-8-13(18)15(19(25)22)20(23)27/h3,6,8,11,26H,4-5,22H2,1-2H3,(H2,23,27). The Hall–Kier alpha value is -3.53. The zero-order chi connectivity index (χ0) is 19.5. The van der Waals surface area contributed by atoms with E-state index in [1.54, 1.807) is 29.8 Å². The van der Waals surface area contributed by atoms with E-state index in [0.29, 0.717) is 27.7 Å². The molecule has 0 bridgehead atoms. The van der Waals surface area contributed by atoms with Crippen LogP contribution in [-0.4, -0.2) is 20.6 Å². The van der Waals surface area contributed by atoms with Crippen LogP contribution in [0.1, 0.15) is 51.5 Å². The number of phenolic OH excluding ortho intramolecular Hbond substituents is 1. The van der Waals surface area contributed by atoms with Crippen LogP contribution in [-0.2, 0) is 0 Å². The number of anilines is 1. The molecule has 7 heteroatoms. The van der Waals surface area contributed by atoms with E-state index < -0.39 is 5.91 Å². The molecule has 4 rings (SSSR count). The number of nitrogen functional groups attached to an aromatic ring is 1. The first-order valence-corrected chi connectivity index (χ1v) is 8.69. The van der Waals surface area contributed by atoms with E-state index in [9.17, 15) is 15.2 Å². The summed E-state index contributed by atoms with van der Waals surface area (Å²) in [6.45, 7) is 3.65. The van der Waals surface area contributed by atoms with Crippen molar-refractivity contribution < 1.29 is 9.90 Å². The summed E-state index contributed by atoms with van der Waals surface area (Å²) in [5, 5.41) is 20.6. The quantitative estimate of drug-likeness (QED) is 0.660. The van der Waals surface area contributed by atoms with Crippen LogP contribution in [0.2, 0.25) is 0 Å². The first-order valence-electron chi connectivity index (χ1n) is 8.69. The van der Waals surface area contributed by atoms with Crippen LogP contribution in [0.3, 0.4) is 0 Å². The van der Waals surface area contributed by atoms with Crippen LogP contribution < -0.4 is 11.5 Å². The molecule has 1 aliphatic carbocycles. The number of phenols is 1. The summed E-state index contributed by atoms with van der Waals surface area (Å²) in [7, 11) is 0. The van der Waals surface area contributed by atoms with Crippen LogP contribution >= 0.6 is 0 Å². The van der Waals surface area contributed by atoms with Gasteiger partial charge in [0.2, 0.25) is 0 Å². The van der Waals surface area contributed by atoms with E-state index in [1.807, 2.05) is 6.92 Å². The van der Waals surface area contributed by atoms with Crippen LogP contribution in [0.25, 0.3) is 16.6 Å². The van der Waals surface area contributed by atoms with Crippen LogP contribution in [0, 0.1) is 25.2 Å². The van der Waals surface area contributed by atoms with Crippen molar-refractivity contribution in [2.45, 2.75) is 32.6 Å². The van der Waals surface area contributed by atoms with Gasteiger partial charge >= 0.3 is 0 Å². The second kappa shape index (κ2) is 5.74. The third kappa shape index (κ3) is 2.34. The number of rotatable bonds is 3. The van der Waals surface area contributed by atoms with Crippen molar-refractivity contribution in [3.63, 3.8) is 0 Å². The van der Waals surface area contributed by atoms with Crippen LogP contribution in [0.5, 0.6) is 5.75 Å². The van der Waals surface area contributed by atoms with Gasteiger partial charge in [0.05, 0.1) is 28.0 Å². The maximum absolute atomic E-state index is 12.1. The van der Waals surface area contributed by atoms with Gasteiger partial charge in [0.15, 0.2) is 0 Å². The Morgan fingerprint density at radius 2 is 2.07 bits per heavy atom. The zero-order valence-corrected chi connectivity index (χ0v) is 15.1. The predicted octanol–water partition coefficient (Wildman–Crippen LogP) is 2.78. The average Bonchev–Trinajstić information content (AvgIpc) is 3.42. The first kappa shape index (κ1) is 16.9. The van der Waals surface area contributed by atoms with E-state index in [1.165, 1.54) is 0 Å². The molecule has 0 atom stereocenters. The summed E-state index contributed by atoms with van der Waals surface area (Å²) in [6, 6.07) is 5.62. The minimum absolute atomic E-state index is 0.104. The first-order chi connectivity index (χ1) is 12.9. The van der Waals surface area contributed by atoms with Gasteiger partial charge in [-0.1, -0.05) is 6.07 Å². The second-order valence-corrected chi connectivity index (χ2v) is 7.00. The summed E-state index contributed by atoms with van der Waals surface area (Å²) in [5.41, 5.74) is 15.8. The van der Waals surface area contributed by atoms with E-state index in [2.05, 4.69) is 11.1 Å². The fourth-order valence-electron chi connectivity index (χ4n) is 3.74. The highest BCUT2D eigenvalue weighted by atomic mass is 16.3. The maximum atomic E-state index is 12.1. The number of aryl methyl sites for hydroxylation is 1. The number of amides is 1. The summed E-state index contributed by atoms with van der Waals surface area (Å²) in [5.74, 6) is -0.193. The van der Waals surface area contributed by atoms with Crippen molar-refractivity contribution >= 4 is 22.6 Å². The van der Waals surface area contributed by atoms with Gasteiger partial charge in [-0.2, -0.15) is 5.26 Å². The summed E-state index contributed by atoms with van der Waals surface area (Å²) >= 11 is 0.